The summed E-state index contributed by atoms with van der Waals surface area (Å²) in [7, 11) is 6.17. The maximum absolute atomic E-state index is 14.3. The molecule has 9 heteroatoms. The SMILES string of the molecule is C[C@H]1CCCCO[C@@H](CN(C)CC2CCCCC2)[C@@H](C)CN([C@@H](C)CO)C(=O)c2cc(NC(=O)CCCN(C)C)ccc2O1. The smallest absolute Gasteiger partial charge is 0.258 e. The molecule has 2 N–H and O–H groups in total. The molecule has 0 saturated heterocycles. The van der Waals surface area contributed by atoms with E-state index < -0.39 is 6.04 Å². The molecular weight excluding hydrogens is 556 g/mol. The average Bonchev–Trinajstić information content (AvgIpc) is 2.98. The molecule has 0 spiro atoms. The van der Waals surface area contributed by atoms with E-state index in [1.165, 1.54) is 32.1 Å². The summed E-state index contributed by atoms with van der Waals surface area (Å²) >= 11 is 0. The predicted octanol–water partition coefficient (Wildman–Crippen LogP) is 5.27. The van der Waals surface area contributed by atoms with Crippen molar-refractivity contribution in [3.05, 3.63) is 23.8 Å². The predicted molar refractivity (Wildman–Crippen MR) is 177 cm³/mol. The summed E-state index contributed by atoms with van der Waals surface area (Å²) in [6, 6.07) is 4.93. The van der Waals surface area contributed by atoms with Gasteiger partial charge in [0, 0.05) is 44.3 Å². The van der Waals surface area contributed by atoms with Gasteiger partial charge in [0.2, 0.25) is 5.91 Å². The zero-order chi connectivity index (χ0) is 32.1. The van der Waals surface area contributed by atoms with Crippen molar-refractivity contribution < 1.29 is 24.2 Å². The molecular formula is C35H60N4O5. The molecule has 250 valence electrons. The molecule has 1 aliphatic carbocycles. The van der Waals surface area contributed by atoms with Crippen LogP contribution in [0.3, 0.4) is 0 Å². The van der Waals surface area contributed by atoms with Gasteiger partial charge in [-0.1, -0.05) is 26.2 Å². The maximum atomic E-state index is 14.3. The molecule has 3 rings (SSSR count). The topological polar surface area (TPSA) is 94.6 Å². The van der Waals surface area contributed by atoms with Crippen molar-refractivity contribution in [3.8, 4) is 5.75 Å². The Kier molecular flexibility index (Phi) is 15.4. The van der Waals surface area contributed by atoms with Gasteiger partial charge < -0.3 is 34.6 Å². The van der Waals surface area contributed by atoms with Crippen molar-refractivity contribution in [2.75, 3.05) is 65.9 Å². The number of ether oxygens (including phenoxy) is 2. The number of amides is 2. The molecule has 1 saturated carbocycles. The Morgan fingerprint density at radius 2 is 1.80 bits per heavy atom. The lowest BCUT2D eigenvalue weighted by Crippen LogP contribution is -2.47. The molecule has 0 radical (unpaired) electrons. The van der Waals surface area contributed by atoms with E-state index in [1.54, 1.807) is 23.1 Å². The summed E-state index contributed by atoms with van der Waals surface area (Å²) in [5, 5.41) is 13.2. The molecule has 1 aliphatic heterocycles. The number of fused-ring (bicyclic) bond motifs is 1. The van der Waals surface area contributed by atoms with Crippen LogP contribution in [0, 0.1) is 11.8 Å². The van der Waals surface area contributed by atoms with Crippen LogP contribution in [-0.2, 0) is 9.53 Å². The first kappa shape index (κ1) is 36.3. The fraction of sp³-hybridized carbons (Fsp3) is 0.771. The Labute approximate surface area is 266 Å². The number of likely N-dealkylation sites (N-methyl/N-ethyl adjacent to an activating group) is 1. The summed E-state index contributed by atoms with van der Waals surface area (Å²) in [6.07, 6.45) is 10.4. The van der Waals surface area contributed by atoms with Crippen LogP contribution in [0.5, 0.6) is 5.75 Å². The first-order valence-corrected chi connectivity index (χ1v) is 17.0. The number of benzene rings is 1. The van der Waals surface area contributed by atoms with Crippen LogP contribution in [0.4, 0.5) is 5.69 Å². The first-order valence-electron chi connectivity index (χ1n) is 17.0. The number of anilines is 1. The number of aliphatic hydroxyl groups is 1. The fourth-order valence-corrected chi connectivity index (χ4v) is 6.43. The molecule has 2 amide bonds. The number of carbonyl (C=O) groups excluding carboxylic acids is 2. The largest absolute Gasteiger partial charge is 0.490 e. The molecule has 44 heavy (non-hydrogen) atoms. The van der Waals surface area contributed by atoms with Crippen LogP contribution < -0.4 is 10.1 Å². The highest BCUT2D eigenvalue weighted by Crippen LogP contribution is 2.29. The van der Waals surface area contributed by atoms with Gasteiger partial charge in [-0.25, -0.2) is 0 Å². The van der Waals surface area contributed by atoms with Crippen LogP contribution in [0.2, 0.25) is 0 Å². The standard InChI is InChI=1S/C35H60N4O5/c1-26-22-39(27(2)25-40)35(42)31-21-30(36-34(41)16-12-19-37(4)5)17-18-32(31)44-28(3)13-10-11-20-43-33(26)24-38(6)23-29-14-8-7-9-15-29/h17-18,21,26-29,33,40H,7-16,19-20,22-25H2,1-6H3,(H,36,41)/t26-,27-,28-,33-/m0/s1. The molecule has 0 bridgehead atoms. The second kappa shape index (κ2) is 18.7. The average molecular weight is 617 g/mol. The molecule has 1 heterocycles. The summed E-state index contributed by atoms with van der Waals surface area (Å²) in [4.78, 5) is 33.2. The van der Waals surface area contributed by atoms with Gasteiger partial charge in [-0.2, -0.15) is 0 Å². The lowest BCUT2D eigenvalue weighted by atomic mass is 9.89. The summed E-state index contributed by atoms with van der Waals surface area (Å²) in [5.41, 5.74) is 0.971. The van der Waals surface area contributed by atoms with Crippen LogP contribution in [0.25, 0.3) is 0 Å². The number of hydrogen-bond acceptors (Lipinski definition) is 7. The number of hydrogen-bond donors (Lipinski definition) is 2. The van der Waals surface area contributed by atoms with Crippen LogP contribution >= 0.6 is 0 Å². The lowest BCUT2D eigenvalue weighted by Gasteiger charge is -2.36. The Morgan fingerprint density at radius 1 is 1.07 bits per heavy atom. The van der Waals surface area contributed by atoms with Gasteiger partial charge in [-0.05, 0) is 104 Å². The van der Waals surface area contributed by atoms with E-state index in [2.05, 4.69) is 29.1 Å². The van der Waals surface area contributed by atoms with Gasteiger partial charge in [-0.15, -0.1) is 0 Å². The van der Waals surface area contributed by atoms with Gasteiger partial charge in [0.25, 0.3) is 5.91 Å². The van der Waals surface area contributed by atoms with Crippen LogP contribution in [0.1, 0.15) is 95.3 Å². The fourth-order valence-electron chi connectivity index (χ4n) is 6.43. The van der Waals surface area contributed by atoms with E-state index in [9.17, 15) is 14.7 Å². The van der Waals surface area contributed by atoms with E-state index in [0.717, 1.165) is 51.2 Å². The molecule has 1 aromatic rings. The summed E-state index contributed by atoms with van der Waals surface area (Å²) < 4.78 is 12.9. The Bertz CT molecular complexity index is 1010. The Hall–Kier alpha value is -2.20. The van der Waals surface area contributed by atoms with E-state index in [4.69, 9.17) is 9.47 Å². The van der Waals surface area contributed by atoms with E-state index in [-0.39, 0.29) is 36.5 Å². The van der Waals surface area contributed by atoms with Crippen molar-refractivity contribution in [1.29, 1.82) is 0 Å². The van der Waals surface area contributed by atoms with Crippen molar-refractivity contribution >= 4 is 17.5 Å². The third-order valence-corrected chi connectivity index (χ3v) is 9.13. The Balaban J connectivity index is 1.84. The van der Waals surface area contributed by atoms with Crippen molar-refractivity contribution in [1.82, 2.24) is 14.7 Å². The van der Waals surface area contributed by atoms with Crippen LogP contribution in [-0.4, -0.2) is 110 Å². The summed E-state index contributed by atoms with van der Waals surface area (Å²) in [5.74, 6) is 1.01. The maximum Gasteiger partial charge on any atom is 0.258 e. The lowest BCUT2D eigenvalue weighted by molar-refractivity contribution is -0.116. The summed E-state index contributed by atoms with van der Waals surface area (Å²) in [6.45, 7) is 9.74. The quantitative estimate of drug-likeness (QED) is 0.350. The number of nitrogens with one attached hydrogen (secondary N) is 1. The highest BCUT2D eigenvalue weighted by atomic mass is 16.5. The third kappa shape index (κ3) is 12.0. The van der Waals surface area contributed by atoms with Gasteiger partial charge >= 0.3 is 0 Å². The van der Waals surface area contributed by atoms with Gasteiger partial charge in [0.1, 0.15) is 5.75 Å². The first-order chi connectivity index (χ1) is 21.1. The van der Waals surface area contributed by atoms with Gasteiger partial charge in [-0.3, -0.25) is 9.59 Å². The van der Waals surface area contributed by atoms with E-state index in [0.29, 0.717) is 36.6 Å². The van der Waals surface area contributed by atoms with E-state index >= 15 is 0 Å². The van der Waals surface area contributed by atoms with Crippen molar-refractivity contribution in [3.63, 3.8) is 0 Å². The second-order valence-electron chi connectivity index (χ2n) is 13.7. The highest BCUT2D eigenvalue weighted by Gasteiger charge is 2.31. The minimum absolute atomic E-state index is 0.0337. The third-order valence-electron chi connectivity index (χ3n) is 9.13. The number of carbonyl (C=O) groups is 2. The minimum atomic E-state index is -0.395. The molecule has 9 nitrogen and oxygen atoms in total. The molecule has 4 atom stereocenters. The monoisotopic (exact) mass is 616 g/mol. The molecule has 1 fully saturated rings. The molecule has 0 unspecified atom stereocenters. The zero-order valence-electron chi connectivity index (χ0n) is 28.4. The molecule has 0 aromatic heterocycles. The van der Waals surface area contributed by atoms with Crippen molar-refractivity contribution in [2.24, 2.45) is 11.8 Å². The van der Waals surface area contributed by atoms with Crippen LogP contribution in [0.15, 0.2) is 18.2 Å². The normalized spacial score (nSPS) is 23.6. The molecule has 1 aromatic carbocycles. The van der Waals surface area contributed by atoms with Gasteiger partial charge in [0.05, 0.1) is 30.4 Å². The second-order valence-corrected chi connectivity index (χ2v) is 13.7. The number of nitrogens with zero attached hydrogens (tertiary/aromatic N) is 3. The number of aliphatic hydroxyl groups excluding tert-OH is 1. The van der Waals surface area contributed by atoms with Crippen molar-refractivity contribution in [2.45, 2.75) is 103 Å². The number of rotatable bonds is 11. The van der Waals surface area contributed by atoms with Gasteiger partial charge in [0.15, 0.2) is 0 Å². The van der Waals surface area contributed by atoms with E-state index in [1.807, 2.05) is 27.9 Å². The molecule has 2 aliphatic rings. The zero-order valence-corrected chi connectivity index (χ0v) is 28.4. The Morgan fingerprint density at radius 3 is 2.50 bits per heavy atom. The minimum Gasteiger partial charge on any atom is -0.490 e. The highest BCUT2D eigenvalue weighted by molar-refractivity contribution is 5.99.